The van der Waals surface area contributed by atoms with E-state index in [1.54, 1.807) is 17.9 Å². The van der Waals surface area contributed by atoms with E-state index >= 15 is 0 Å². The van der Waals surface area contributed by atoms with E-state index in [9.17, 15) is 23.4 Å². The van der Waals surface area contributed by atoms with E-state index in [1.165, 1.54) is 17.5 Å². The second-order valence-corrected chi connectivity index (χ2v) is 11.3. The van der Waals surface area contributed by atoms with Crippen LogP contribution in [0.4, 0.5) is 0 Å². The minimum absolute atomic E-state index is 0.0885. The zero-order chi connectivity index (χ0) is 24.4. The summed E-state index contributed by atoms with van der Waals surface area (Å²) in [5.41, 5.74) is -0.348. The quantitative estimate of drug-likeness (QED) is 0.601. The molecule has 1 aromatic heterocycles. The van der Waals surface area contributed by atoms with Crippen molar-refractivity contribution in [2.45, 2.75) is 57.3 Å². The highest BCUT2D eigenvalue weighted by Crippen LogP contribution is 2.30. The molecule has 3 atom stereocenters. The molecule has 0 radical (unpaired) electrons. The summed E-state index contributed by atoms with van der Waals surface area (Å²) in [5.74, 6) is 5.38. The molecule has 1 amide bonds. The summed E-state index contributed by atoms with van der Waals surface area (Å²) in [4.78, 5) is 19.3. The summed E-state index contributed by atoms with van der Waals surface area (Å²) in [6.07, 6.45) is 5.14. The van der Waals surface area contributed by atoms with Crippen LogP contribution in [0.25, 0.3) is 0 Å². The molecule has 0 spiro atoms. The number of carbonyl (C=O) groups is 1. The second-order valence-electron chi connectivity index (χ2n) is 9.23. The minimum Gasteiger partial charge on any atom is -0.472 e. The highest BCUT2D eigenvalue weighted by molar-refractivity contribution is 7.88. The van der Waals surface area contributed by atoms with E-state index in [0.29, 0.717) is 18.4 Å². The van der Waals surface area contributed by atoms with Gasteiger partial charge in [-0.1, -0.05) is 18.8 Å². The molecule has 182 valence electrons. The topological polar surface area (TPSA) is 120 Å². The summed E-state index contributed by atoms with van der Waals surface area (Å²) >= 11 is 0. The number of hydrogen-bond acceptors (Lipinski definition) is 7. The number of aromatic nitrogens is 1. The lowest BCUT2D eigenvalue weighted by molar-refractivity contribution is 0.0373. The highest BCUT2D eigenvalue weighted by atomic mass is 32.2. The Hall–Kier alpha value is -2.19. The van der Waals surface area contributed by atoms with Crippen molar-refractivity contribution in [3.05, 3.63) is 23.4 Å². The molecule has 0 saturated heterocycles. The van der Waals surface area contributed by atoms with Crippen LogP contribution in [0.1, 0.15) is 55.5 Å². The third-order valence-corrected chi connectivity index (χ3v) is 7.68. The monoisotopic (exact) mass is 479 g/mol. The van der Waals surface area contributed by atoms with Gasteiger partial charge in [0, 0.05) is 31.3 Å². The van der Waals surface area contributed by atoms with Gasteiger partial charge in [0.05, 0.1) is 25.4 Å². The predicted molar refractivity (Wildman–Crippen MR) is 123 cm³/mol. The summed E-state index contributed by atoms with van der Waals surface area (Å²) in [6.45, 7) is 3.76. The van der Waals surface area contributed by atoms with Crippen LogP contribution in [0.15, 0.2) is 12.3 Å². The van der Waals surface area contributed by atoms with Gasteiger partial charge in [0.2, 0.25) is 15.9 Å². The molecule has 9 nitrogen and oxygen atoms in total. The van der Waals surface area contributed by atoms with E-state index in [0.717, 1.165) is 19.1 Å². The number of fused-ring (bicyclic) bond motifs is 1. The van der Waals surface area contributed by atoms with Crippen molar-refractivity contribution in [2.75, 3.05) is 33.0 Å². The van der Waals surface area contributed by atoms with Gasteiger partial charge in [0.25, 0.3) is 5.91 Å². The Morgan fingerprint density at radius 1 is 1.39 bits per heavy atom. The Kier molecular flexibility index (Phi) is 7.69. The molecular weight excluding hydrogens is 446 g/mol. The minimum atomic E-state index is -3.43. The third kappa shape index (κ3) is 6.03. The molecule has 1 aliphatic heterocycles. The third-order valence-electron chi connectivity index (χ3n) is 6.39. The van der Waals surface area contributed by atoms with Crippen molar-refractivity contribution in [1.82, 2.24) is 14.2 Å². The fraction of sp³-hybridized carbons (Fsp3) is 0.652. The molecule has 2 N–H and O–H groups in total. The largest absolute Gasteiger partial charge is 0.472 e. The molecule has 1 aliphatic carbocycles. The molecule has 1 saturated carbocycles. The predicted octanol–water partition coefficient (Wildman–Crippen LogP) is 0.850. The SMILES string of the molecule is C[C@H]1CN([C@@H](C)CO)C(=O)c2cc(C#CC3(O)CCCC3)cnc2O[C@@H]1CN(C)S(C)(=O)=O. The van der Waals surface area contributed by atoms with E-state index in [4.69, 9.17) is 4.74 Å². The molecular formula is C23H33N3O6S. The van der Waals surface area contributed by atoms with Crippen LogP contribution in [0.3, 0.4) is 0 Å². The molecule has 2 aliphatic rings. The van der Waals surface area contributed by atoms with Crippen LogP contribution in [0, 0.1) is 17.8 Å². The lowest BCUT2D eigenvalue weighted by Crippen LogP contribution is -2.50. The lowest BCUT2D eigenvalue weighted by atomic mass is 10.00. The zero-order valence-electron chi connectivity index (χ0n) is 19.6. The number of hydrogen-bond donors (Lipinski definition) is 2. The van der Waals surface area contributed by atoms with Crippen molar-refractivity contribution in [2.24, 2.45) is 5.92 Å². The molecule has 33 heavy (non-hydrogen) atoms. The van der Waals surface area contributed by atoms with E-state index in [2.05, 4.69) is 16.8 Å². The smallest absolute Gasteiger partial charge is 0.259 e. The Balaban J connectivity index is 1.99. The Morgan fingerprint density at radius 2 is 2.06 bits per heavy atom. The number of aliphatic hydroxyl groups excluding tert-OH is 1. The molecule has 3 rings (SSSR count). The van der Waals surface area contributed by atoms with Gasteiger partial charge in [-0.3, -0.25) is 4.79 Å². The fourth-order valence-corrected chi connectivity index (χ4v) is 4.47. The number of likely N-dealkylation sites (N-methyl/N-ethyl adjacent to an activating group) is 1. The first kappa shape index (κ1) is 25.4. The molecule has 0 bridgehead atoms. The van der Waals surface area contributed by atoms with Crippen LogP contribution in [-0.4, -0.2) is 89.5 Å². The normalized spacial score (nSPS) is 23.7. The molecule has 2 heterocycles. The molecule has 1 fully saturated rings. The maximum atomic E-state index is 13.4. The fourth-order valence-electron chi connectivity index (χ4n) is 4.05. The Morgan fingerprint density at radius 3 is 2.67 bits per heavy atom. The number of ether oxygens (including phenoxy) is 1. The van der Waals surface area contributed by atoms with Crippen molar-refractivity contribution < 1.29 is 28.2 Å². The Bertz CT molecular complexity index is 1040. The summed E-state index contributed by atoms with van der Waals surface area (Å²) in [5, 5.41) is 20.2. The van der Waals surface area contributed by atoms with E-state index in [-0.39, 0.29) is 43.0 Å². The van der Waals surface area contributed by atoms with E-state index < -0.39 is 27.8 Å². The van der Waals surface area contributed by atoms with Crippen molar-refractivity contribution in [3.63, 3.8) is 0 Å². The average molecular weight is 480 g/mol. The van der Waals surface area contributed by atoms with Gasteiger partial charge in [-0.25, -0.2) is 17.7 Å². The van der Waals surface area contributed by atoms with Gasteiger partial charge in [-0.15, -0.1) is 0 Å². The number of sulfonamides is 1. The first-order valence-electron chi connectivity index (χ1n) is 11.2. The highest BCUT2D eigenvalue weighted by Gasteiger charge is 2.35. The van der Waals surface area contributed by atoms with Crippen molar-refractivity contribution in [3.8, 4) is 17.7 Å². The first-order chi connectivity index (χ1) is 15.4. The number of nitrogens with zero attached hydrogens (tertiary/aromatic N) is 3. The van der Waals surface area contributed by atoms with Crippen LogP contribution in [0.5, 0.6) is 5.88 Å². The number of carbonyl (C=O) groups excluding carboxylic acids is 1. The molecule has 0 aromatic carbocycles. The first-order valence-corrected chi connectivity index (χ1v) is 13.0. The summed E-state index contributed by atoms with van der Waals surface area (Å²) in [6, 6.07) is 1.13. The van der Waals surface area contributed by atoms with E-state index in [1.807, 2.05) is 6.92 Å². The van der Waals surface area contributed by atoms with Gasteiger partial charge in [0.15, 0.2) is 0 Å². The zero-order valence-corrected chi connectivity index (χ0v) is 20.4. The molecule has 1 aromatic rings. The average Bonchev–Trinajstić information content (AvgIpc) is 3.20. The maximum Gasteiger partial charge on any atom is 0.259 e. The number of rotatable bonds is 5. The molecule has 0 unspecified atom stereocenters. The van der Waals surface area contributed by atoms with Crippen LogP contribution in [-0.2, 0) is 10.0 Å². The lowest BCUT2D eigenvalue weighted by Gasteiger charge is -2.37. The number of pyridine rings is 1. The maximum absolute atomic E-state index is 13.4. The molecule has 10 heteroatoms. The van der Waals surface area contributed by atoms with Gasteiger partial charge >= 0.3 is 0 Å². The van der Waals surface area contributed by atoms with Crippen LogP contribution >= 0.6 is 0 Å². The Labute approximate surface area is 195 Å². The van der Waals surface area contributed by atoms with Crippen LogP contribution in [0.2, 0.25) is 0 Å². The summed E-state index contributed by atoms with van der Waals surface area (Å²) in [7, 11) is -1.95. The van der Waals surface area contributed by atoms with Crippen LogP contribution < -0.4 is 4.74 Å². The summed E-state index contributed by atoms with van der Waals surface area (Å²) < 4.78 is 31.2. The van der Waals surface area contributed by atoms with Gasteiger partial charge in [0.1, 0.15) is 17.3 Å². The number of aliphatic hydroxyl groups is 2. The van der Waals surface area contributed by atoms with Gasteiger partial charge in [-0.05, 0) is 38.7 Å². The van der Waals surface area contributed by atoms with Crippen molar-refractivity contribution in [1.29, 1.82) is 0 Å². The number of amides is 1. The van der Waals surface area contributed by atoms with Crippen molar-refractivity contribution >= 4 is 15.9 Å². The second kappa shape index (κ2) is 9.97. The van der Waals surface area contributed by atoms with Gasteiger partial charge < -0.3 is 19.8 Å². The standard InChI is InChI=1S/C23H33N3O6S/c1-16-13-26(17(2)15-27)22(28)19-11-18(7-10-23(29)8-5-6-9-23)12-24-21(19)32-20(16)14-25(3)33(4,30)31/h11-12,16-17,20,27,29H,5-6,8-9,13-15H2,1-4H3/t16-,17-,20+/m0/s1. The van der Waals surface area contributed by atoms with Gasteiger partial charge in [-0.2, -0.15) is 0 Å².